The first-order valence-electron chi connectivity index (χ1n) is 9.01. The van der Waals surface area contributed by atoms with Crippen LogP contribution in [0.3, 0.4) is 0 Å². The molecule has 0 saturated carbocycles. The minimum Gasteiger partial charge on any atom is -0.329 e. The Kier molecular flexibility index (Phi) is 4.99. The van der Waals surface area contributed by atoms with E-state index in [1.165, 1.54) is 6.20 Å². The van der Waals surface area contributed by atoms with Gasteiger partial charge >= 0.3 is 0 Å². The molecule has 0 aromatic carbocycles. The van der Waals surface area contributed by atoms with E-state index in [2.05, 4.69) is 15.3 Å². The number of anilines is 1. The molecular weight excluding hydrogens is 388 g/mol. The fourth-order valence-electron chi connectivity index (χ4n) is 3.40. The molecule has 0 bridgehead atoms. The van der Waals surface area contributed by atoms with E-state index in [1.807, 2.05) is 18.2 Å². The molecule has 1 saturated heterocycles. The van der Waals surface area contributed by atoms with E-state index >= 15 is 0 Å². The van der Waals surface area contributed by atoms with Crippen LogP contribution in [0.4, 0.5) is 14.6 Å². The Morgan fingerprint density at radius 3 is 2.75 bits per heavy atom. The smallest absolute Gasteiger partial charge is 0.293 e. The minimum atomic E-state index is -2.57. The lowest BCUT2D eigenvalue weighted by atomic mass is 10.1. The number of amides is 1. The highest BCUT2D eigenvalue weighted by Gasteiger charge is 2.37. The molecule has 9 heteroatoms. The van der Waals surface area contributed by atoms with E-state index < -0.39 is 11.8 Å². The van der Waals surface area contributed by atoms with Gasteiger partial charge in [-0.3, -0.25) is 9.20 Å². The van der Waals surface area contributed by atoms with Crippen LogP contribution in [0.15, 0.2) is 42.7 Å². The van der Waals surface area contributed by atoms with Crippen LogP contribution in [0.2, 0.25) is 5.02 Å². The van der Waals surface area contributed by atoms with E-state index in [9.17, 15) is 13.6 Å². The Morgan fingerprint density at radius 2 is 2.04 bits per heavy atom. The predicted molar refractivity (Wildman–Crippen MR) is 101 cm³/mol. The number of carbonyl (C=O) groups excluding carboxylic acids is 1. The van der Waals surface area contributed by atoms with Crippen LogP contribution >= 0.6 is 11.6 Å². The number of rotatable bonds is 4. The summed E-state index contributed by atoms with van der Waals surface area (Å²) in [5, 5.41) is 3.18. The molecule has 0 atom stereocenters. The molecule has 1 aliphatic rings. The summed E-state index contributed by atoms with van der Waals surface area (Å²) in [5.74, 6) is -2.38. The van der Waals surface area contributed by atoms with Crippen molar-refractivity contribution < 1.29 is 18.5 Å². The van der Waals surface area contributed by atoms with Gasteiger partial charge in [0.05, 0.1) is 36.5 Å². The van der Waals surface area contributed by atoms with Crippen molar-refractivity contribution in [1.29, 1.82) is 0 Å². The van der Waals surface area contributed by atoms with Crippen LogP contribution in [-0.4, -0.2) is 39.3 Å². The second-order valence-electron chi connectivity index (χ2n) is 6.94. The summed E-state index contributed by atoms with van der Waals surface area (Å²) in [6, 6.07) is 8.79. The maximum Gasteiger partial charge on any atom is 0.293 e. The number of likely N-dealkylation sites (tertiary alicyclic amines) is 1. The number of carbonyl (C=O) groups is 1. The molecule has 2 N–H and O–H groups in total. The molecule has 0 spiro atoms. The van der Waals surface area contributed by atoms with Gasteiger partial charge < -0.3 is 10.2 Å². The third-order valence-corrected chi connectivity index (χ3v) is 5.13. The fraction of sp³-hybridized carbons (Fsp3) is 0.316. The molecule has 6 nitrogen and oxygen atoms in total. The molecule has 0 unspecified atom stereocenters. The average molecular weight is 407 g/mol. The van der Waals surface area contributed by atoms with Gasteiger partial charge in [-0.2, -0.15) is 0 Å². The monoisotopic (exact) mass is 406 g/mol. The maximum absolute atomic E-state index is 13.4. The minimum absolute atomic E-state index is 0.121. The number of alkyl halides is 2. The topological polar surface area (TPSA) is 63.7 Å². The van der Waals surface area contributed by atoms with Crippen molar-refractivity contribution in [1.82, 2.24) is 14.4 Å². The number of quaternary nitrogens is 1. The predicted octanol–water partition coefficient (Wildman–Crippen LogP) is 2.45. The Balaban J connectivity index is 1.57. The Morgan fingerprint density at radius 1 is 1.25 bits per heavy atom. The van der Waals surface area contributed by atoms with Crippen LogP contribution < -0.4 is 10.2 Å². The number of imidazole rings is 1. The van der Waals surface area contributed by atoms with Crippen molar-refractivity contribution in [2.75, 3.05) is 18.4 Å². The van der Waals surface area contributed by atoms with Crippen LogP contribution in [0.5, 0.6) is 0 Å². The fourth-order valence-corrected chi connectivity index (χ4v) is 3.51. The quantitative estimate of drug-likeness (QED) is 0.699. The van der Waals surface area contributed by atoms with Gasteiger partial charge in [0.1, 0.15) is 18.1 Å². The van der Waals surface area contributed by atoms with Gasteiger partial charge in [-0.25, -0.2) is 18.7 Å². The number of nitrogens with zero attached hydrogens (tertiary/aromatic N) is 3. The molecular formula is C19H19ClF2N5O+. The third kappa shape index (κ3) is 3.98. The maximum atomic E-state index is 13.4. The highest BCUT2D eigenvalue weighted by molar-refractivity contribution is 6.30. The lowest BCUT2D eigenvalue weighted by molar-refractivity contribution is -0.921. The Labute approximate surface area is 165 Å². The van der Waals surface area contributed by atoms with Gasteiger partial charge in [0.25, 0.3) is 11.8 Å². The van der Waals surface area contributed by atoms with Gasteiger partial charge in [-0.1, -0.05) is 17.7 Å². The van der Waals surface area contributed by atoms with Crippen molar-refractivity contribution in [2.24, 2.45) is 0 Å². The molecule has 28 heavy (non-hydrogen) atoms. The van der Waals surface area contributed by atoms with Gasteiger partial charge in [-0.15, -0.1) is 0 Å². The zero-order chi connectivity index (χ0) is 19.7. The van der Waals surface area contributed by atoms with Gasteiger partial charge in [0.15, 0.2) is 0 Å². The SMILES string of the molecule is O=C(Nc1ccc(Cl)cn1)c1nc(C[NH+]2CCC(F)(F)CC2)c2ccccn12. The number of hydrogen-bond acceptors (Lipinski definition) is 3. The molecule has 4 heterocycles. The molecule has 4 rings (SSSR count). The molecule has 0 aliphatic carbocycles. The standard InChI is InChI=1S/C19H18ClF2N5O/c20-13-4-5-16(23-11-13)25-18(28)17-24-14(15-3-1-2-8-27(15)17)12-26-9-6-19(21,22)7-10-26/h1-5,8,11H,6-7,9-10,12H2,(H,23,25,28)/p+1. The first-order chi connectivity index (χ1) is 13.4. The van der Waals surface area contributed by atoms with Crippen LogP contribution in [0, 0.1) is 0 Å². The average Bonchev–Trinajstić information content (AvgIpc) is 3.04. The number of halogens is 3. The second kappa shape index (κ2) is 7.44. The van der Waals surface area contributed by atoms with E-state index in [-0.39, 0.29) is 18.7 Å². The van der Waals surface area contributed by atoms with Crippen molar-refractivity contribution in [3.63, 3.8) is 0 Å². The van der Waals surface area contributed by atoms with E-state index in [0.29, 0.717) is 30.5 Å². The summed E-state index contributed by atoms with van der Waals surface area (Å²) >= 11 is 5.82. The number of nitrogens with one attached hydrogen (secondary N) is 2. The molecule has 1 amide bonds. The van der Waals surface area contributed by atoms with Crippen molar-refractivity contribution in [3.8, 4) is 0 Å². The Bertz CT molecular complexity index is 995. The largest absolute Gasteiger partial charge is 0.329 e. The van der Waals surface area contributed by atoms with Crippen molar-refractivity contribution in [2.45, 2.75) is 25.3 Å². The highest BCUT2D eigenvalue weighted by Crippen LogP contribution is 2.23. The normalized spacial score (nSPS) is 17.0. The number of pyridine rings is 2. The molecule has 146 valence electrons. The molecule has 0 radical (unpaired) electrons. The lowest BCUT2D eigenvalue weighted by Crippen LogP contribution is -3.12. The second-order valence-corrected chi connectivity index (χ2v) is 7.37. The molecule has 1 aliphatic heterocycles. The summed E-state index contributed by atoms with van der Waals surface area (Å²) in [6.07, 6.45) is 2.96. The zero-order valence-electron chi connectivity index (χ0n) is 15.0. The lowest BCUT2D eigenvalue weighted by Gasteiger charge is -2.28. The molecule has 1 fully saturated rings. The highest BCUT2D eigenvalue weighted by atomic mass is 35.5. The summed E-state index contributed by atoms with van der Waals surface area (Å²) < 4.78 is 28.5. The number of fused-ring (bicyclic) bond motifs is 1. The van der Waals surface area contributed by atoms with Crippen molar-refractivity contribution >= 4 is 28.8 Å². The zero-order valence-corrected chi connectivity index (χ0v) is 15.7. The first-order valence-corrected chi connectivity index (χ1v) is 9.39. The number of piperidine rings is 1. The Hall–Kier alpha value is -2.58. The summed E-state index contributed by atoms with van der Waals surface area (Å²) in [4.78, 5) is 22.4. The molecule has 3 aromatic heterocycles. The number of aromatic nitrogens is 3. The summed E-state index contributed by atoms with van der Waals surface area (Å²) in [6.45, 7) is 1.26. The van der Waals surface area contributed by atoms with E-state index in [0.717, 1.165) is 16.1 Å². The van der Waals surface area contributed by atoms with E-state index in [4.69, 9.17) is 11.6 Å². The first kappa shape index (κ1) is 18.8. The number of hydrogen-bond donors (Lipinski definition) is 2. The van der Waals surface area contributed by atoms with Crippen LogP contribution in [-0.2, 0) is 6.54 Å². The molecule has 3 aromatic rings. The van der Waals surface area contributed by atoms with Gasteiger partial charge in [0.2, 0.25) is 5.82 Å². The summed E-state index contributed by atoms with van der Waals surface area (Å²) in [5.41, 5.74) is 1.51. The van der Waals surface area contributed by atoms with Gasteiger partial charge in [-0.05, 0) is 24.3 Å². The van der Waals surface area contributed by atoms with Crippen molar-refractivity contribution in [3.05, 3.63) is 59.3 Å². The third-order valence-electron chi connectivity index (χ3n) is 4.90. The van der Waals surface area contributed by atoms with Gasteiger partial charge in [0, 0.05) is 12.4 Å². The van der Waals surface area contributed by atoms with E-state index in [1.54, 1.807) is 22.7 Å². The van der Waals surface area contributed by atoms with Crippen LogP contribution in [0.1, 0.15) is 29.2 Å². The summed E-state index contributed by atoms with van der Waals surface area (Å²) in [7, 11) is 0. The van der Waals surface area contributed by atoms with Crippen LogP contribution in [0.25, 0.3) is 5.52 Å².